The fourth-order valence-electron chi connectivity index (χ4n) is 4.55. The van der Waals surface area contributed by atoms with E-state index in [2.05, 4.69) is 27.9 Å². The number of nitrogens with one attached hydrogen (secondary N) is 3. The van der Waals surface area contributed by atoms with Gasteiger partial charge in [0.05, 0.1) is 12.1 Å². The molecule has 0 aliphatic carbocycles. The van der Waals surface area contributed by atoms with Crippen LogP contribution in [0.1, 0.15) is 115 Å². The summed E-state index contributed by atoms with van der Waals surface area (Å²) in [5.74, 6) is 0.978. The third-order valence-electron chi connectivity index (χ3n) is 6.61. The maximum Gasteiger partial charge on any atom is 0.237 e. The van der Waals surface area contributed by atoms with Crippen molar-refractivity contribution in [2.45, 2.75) is 115 Å². The minimum Gasteiger partial charge on any atom is -0.356 e. The molecule has 7 nitrogen and oxygen atoms in total. The fourth-order valence-corrected chi connectivity index (χ4v) is 4.55. The number of hydrogen-bond donors (Lipinski definition) is 3. The number of halogens is 1. The summed E-state index contributed by atoms with van der Waals surface area (Å²) in [4.78, 5) is 29.3. The lowest BCUT2D eigenvalue weighted by Gasteiger charge is -2.21. The molecule has 2 amide bonds. The monoisotopic (exact) mass is 497 g/mol. The SMILES string of the molecule is CCCCCCCCCCCCNC(=O)CCCC(NC(=O)C1CCCN1)c1nccn1C.Cl. The lowest BCUT2D eigenvalue weighted by Crippen LogP contribution is -2.42. The molecular weight excluding hydrogens is 450 g/mol. The Labute approximate surface area is 213 Å². The molecule has 0 spiro atoms. The Morgan fingerprint density at radius 2 is 1.76 bits per heavy atom. The first-order chi connectivity index (χ1) is 16.1. The molecule has 3 N–H and O–H groups in total. The van der Waals surface area contributed by atoms with Crippen LogP contribution >= 0.6 is 12.4 Å². The van der Waals surface area contributed by atoms with Gasteiger partial charge in [-0.25, -0.2) is 4.98 Å². The number of nitrogens with zero attached hydrogens (tertiary/aromatic N) is 2. The van der Waals surface area contributed by atoms with E-state index in [9.17, 15) is 9.59 Å². The van der Waals surface area contributed by atoms with Gasteiger partial charge in [-0.2, -0.15) is 0 Å². The molecule has 1 aromatic rings. The van der Waals surface area contributed by atoms with E-state index in [1.165, 1.54) is 57.8 Å². The predicted octanol–water partition coefficient (Wildman–Crippen LogP) is 4.96. The number of aromatic nitrogens is 2. The van der Waals surface area contributed by atoms with E-state index >= 15 is 0 Å². The van der Waals surface area contributed by atoms with Crippen LogP contribution in [0.2, 0.25) is 0 Å². The zero-order valence-electron chi connectivity index (χ0n) is 21.4. The van der Waals surface area contributed by atoms with Gasteiger partial charge in [0.25, 0.3) is 0 Å². The van der Waals surface area contributed by atoms with Gasteiger partial charge in [-0.3, -0.25) is 9.59 Å². The van der Waals surface area contributed by atoms with Crippen LogP contribution in [0.3, 0.4) is 0 Å². The van der Waals surface area contributed by atoms with E-state index in [0.717, 1.165) is 44.6 Å². The number of hydrogen-bond acceptors (Lipinski definition) is 4. The topological polar surface area (TPSA) is 88.1 Å². The van der Waals surface area contributed by atoms with Crippen molar-refractivity contribution in [2.24, 2.45) is 7.05 Å². The van der Waals surface area contributed by atoms with Crippen LogP contribution in [0.5, 0.6) is 0 Å². The third kappa shape index (κ3) is 12.2. The van der Waals surface area contributed by atoms with E-state index in [1.54, 1.807) is 6.20 Å². The Bertz CT molecular complexity index is 676. The van der Waals surface area contributed by atoms with E-state index in [1.807, 2.05) is 17.8 Å². The Balaban J connectivity index is 0.00000578. The van der Waals surface area contributed by atoms with Crippen molar-refractivity contribution in [3.05, 3.63) is 18.2 Å². The molecule has 1 aromatic heterocycles. The predicted molar refractivity (Wildman–Crippen MR) is 141 cm³/mol. The van der Waals surface area contributed by atoms with Crippen molar-refractivity contribution in [1.29, 1.82) is 0 Å². The highest BCUT2D eigenvalue weighted by atomic mass is 35.5. The Morgan fingerprint density at radius 1 is 1.09 bits per heavy atom. The highest BCUT2D eigenvalue weighted by molar-refractivity contribution is 5.85. The highest BCUT2D eigenvalue weighted by Gasteiger charge is 2.26. The molecule has 0 bridgehead atoms. The second kappa shape index (κ2) is 18.7. The van der Waals surface area contributed by atoms with Gasteiger partial charge in [-0.1, -0.05) is 64.7 Å². The van der Waals surface area contributed by atoms with Crippen molar-refractivity contribution in [3.63, 3.8) is 0 Å². The van der Waals surface area contributed by atoms with Gasteiger partial charge >= 0.3 is 0 Å². The summed E-state index contributed by atoms with van der Waals surface area (Å²) in [5, 5.41) is 9.45. The summed E-state index contributed by atoms with van der Waals surface area (Å²) in [6.07, 6.45) is 20.5. The molecule has 2 rings (SSSR count). The number of imidazole rings is 1. The van der Waals surface area contributed by atoms with Gasteiger partial charge in [0.15, 0.2) is 0 Å². The molecule has 1 fully saturated rings. The molecule has 8 heteroatoms. The molecule has 196 valence electrons. The van der Waals surface area contributed by atoms with E-state index in [0.29, 0.717) is 12.8 Å². The van der Waals surface area contributed by atoms with Crippen LogP contribution in [-0.4, -0.2) is 40.5 Å². The number of amides is 2. The van der Waals surface area contributed by atoms with Gasteiger partial charge < -0.3 is 20.5 Å². The van der Waals surface area contributed by atoms with Gasteiger partial charge in [0.1, 0.15) is 5.82 Å². The Morgan fingerprint density at radius 3 is 2.35 bits per heavy atom. The first-order valence-electron chi connectivity index (χ1n) is 13.4. The standard InChI is InChI=1S/C26H47N5O2.ClH/c1-3-4-5-6-7-8-9-10-11-12-18-28-24(32)17-13-15-22(25-29-20-21-31(25)2)30-26(33)23-16-14-19-27-23;/h20-23,27H,3-19H2,1-2H3,(H,28,32)(H,30,33);1H. The van der Waals surface area contributed by atoms with Crippen LogP contribution in [-0.2, 0) is 16.6 Å². The second-order valence-corrected chi connectivity index (χ2v) is 9.53. The van der Waals surface area contributed by atoms with E-state index in [-0.39, 0.29) is 36.3 Å². The maximum atomic E-state index is 12.6. The summed E-state index contributed by atoms with van der Waals surface area (Å²) in [6, 6.07) is -0.285. The van der Waals surface area contributed by atoms with Gasteiger partial charge in [-0.15, -0.1) is 12.4 Å². The summed E-state index contributed by atoms with van der Waals surface area (Å²) in [7, 11) is 1.94. The van der Waals surface area contributed by atoms with E-state index < -0.39 is 0 Å². The Hall–Kier alpha value is -1.60. The molecule has 2 atom stereocenters. The lowest BCUT2D eigenvalue weighted by molar-refractivity contribution is -0.123. The lowest BCUT2D eigenvalue weighted by atomic mass is 10.1. The van der Waals surface area contributed by atoms with Crippen molar-refractivity contribution in [3.8, 4) is 0 Å². The third-order valence-corrected chi connectivity index (χ3v) is 6.61. The smallest absolute Gasteiger partial charge is 0.237 e. The molecule has 1 saturated heterocycles. The average Bonchev–Trinajstić information content (AvgIpc) is 3.49. The van der Waals surface area contributed by atoms with Crippen molar-refractivity contribution < 1.29 is 9.59 Å². The van der Waals surface area contributed by atoms with Crippen LogP contribution in [0.4, 0.5) is 0 Å². The van der Waals surface area contributed by atoms with Crippen LogP contribution < -0.4 is 16.0 Å². The fraction of sp³-hybridized carbons (Fsp3) is 0.808. The number of unbranched alkanes of at least 4 members (excludes halogenated alkanes) is 9. The molecule has 2 unspecified atom stereocenters. The van der Waals surface area contributed by atoms with Gasteiger partial charge in [0.2, 0.25) is 11.8 Å². The van der Waals surface area contributed by atoms with Gasteiger partial charge in [-0.05, 0) is 38.6 Å². The highest BCUT2D eigenvalue weighted by Crippen LogP contribution is 2.19. The molecule has 1 aliphatic heterocycles. The molecule has 0 saturated carbocycles. The molecule has 0 aromatic carbocycles. The van der Waals surface area contributed by atoms with Crippen molar-refractivity contribution in [2.75, 3.05) is 13.1 Å². The van der Waals surface area contributed by atoms with Crippen LogP contribution in [0.25, 0.3) is 0 Å². The first kappa shape index (κ1) is 30.4. The minimum atomic E-state index is -0.172. The number of aryl methyl sites for hydroxylation is 1. The van der Waals surface area contributed by atoms with Crippen LogP contribution in [0, 0.1) is 0 Å². The number of rotatable bonds is 18. The maximum absolute atomic E-state index is 12.6. The Kier molecular flexibility index (Phi) is 16.7. The number of carbonyl (C=O) groups is 2. The van der Waals surface area contributed by atoms with Crippen molar-refractivity contribution in [1.82, 2.24) is 25.5 Å². The van der Waals surface area contributed by atoms with E-state index in [4.69, 9.17) is 0 Å². The molecule has 34 heavy (non-hydrogen) atoms. The largest absolute Gasteiger partial charge is 0.356 e. The summed E-state index contributed by atoms with van der Waals surface area (Å²) in [6.45, 7) is 3.92. The first-order valence-corrected chi connectivity index (χ1v) is 13.4. The molecular formula is C26H48ClN5O2. The molecule has 1 aliphatic rings. The summed E-state index contributed by atoms with van der Waals surface area (Å²) < 4.78 is 1.94. The molecule has 2 heterocycles. The zero-order valence-corrected chi connectivity index (χ0v) is 22.3. The average molecular weight is 498 g/mol. The normalized spacial score (nSPS) is 16.1. The van der Waals surface area contributed by atoms with Crippen molar-refractivity contribution >= 4 is 24.2 Å². The minimum absolute atomic E-state index is 0. The summed E-state index contributed by atoms with van der Waals surface area (Å²) in [5.41, 5.74) is 0. The van der Waals surface area contributed by atoms with Gasteiger partial charge in [0, 0.05) is 32.4 Å². The summed E-state index contributed by atoms with van der Waals surface area (Å²) >= 11 is 0. The number of carbonyl (C=O) groups excluding carboxylic acids is 2. The molecule has 0 radical (unpaired) electrons. The zero-order chi connectivity index (χ0) is 23.7. The second-order valence-electron chi connectivity index (χ2n) is 9.53. The quantitative estimate of drug-likeness (QED) is 0.250. The van der Waals surface area contributed by atoms with Crippen LogP contribution in [0.15, 0.2) is 12.4 Å².